The summed E-state index contributed by atoms with van der Waals surface area (Å²) in [6.07, 6.45) is 1.71. The number of hydrogen-bond donors (Lipinski definition) is 0. The lowest BCUT2D eigenvalue weighted by atomic mass is 10.0. The van der Waals surface area contributed by atoms with E-state index in [1.165, 1.54) is 0 Å². The fourth-order valence-corrected chi connectivity index (χ4v) is 4.52. The Labute approximate surface area is 169 Å². The van der Waals surface area contributed by atoms with Crippen LogP contribution in [-0.2, 0) is 9.53 Å². The molecule has 3 rings (SSSR count). The van der Waals surface area contributed by atoms with Gasteiger partial charge in [-0.15, -0.1) is 11.3 Å². The number of carbonyl (C=O) groups excluding carboxylic acids is 2. The van der Waals surface area contributed by atoms with Gasteiger partial charge in [0.1, 0.15) is 11.5 Å². The minimum absolute atomic E-state index is 0.124. The predicted molar refractivity (Wildman–Crippen MR) is 107 cm³/mol. The number of rotatable bonds is 6. The third-order valence-corrected chi connectivity index (χ3v) is 5.92. The fourth-order valence-electron chi connectivity index (χ4n) is 3.61. The van der Waals surface area contributed by atoms with Crippen molar-refractivity contribution in [3.05, 3.63) is 45.1 Å². The molecule has 0 aliphatic carbocycles. The average Bonchev–Trinajstić information content (AvgIpc) is 3.31. The van der Waals surface area contributed by atoms with Crippen molar-refractivity contribution in [1.29, 1.82) is 0 Å². The summed E-state index contributed by atoms with van der Waals surface area (Å²) >= 11 is 1.54. The monoisotopic (exact) mass is 403 g/mol. The molecule has 0 saturated carbocycles. The van der Waals surface area contributed by atoms with E-state index >= 15 is 0 Å². The highest BCUT2D eigenvalue weighted by atomic mass is 32.1. The van der Waals surface area contributed by atoms with Gasteiger partial charge in [-0.3, -0.25) is 4.79 Å². The molecule has 1 aliphatic rings. The zero-order chi connectivity index (χ0) is 20.3. The van der Waals surface area contributed by atoms with Crippen molar-refractivity contribution in [1.82, 2.24) is 4.90 Å². The molecule has 6 nitrogen and oxygen atoms in total. The lowest BCUT2D eigenvalue weighted by Gasteiger charge is -2.26. The SMILES string of the molecule is COc1ccc(OC)c([C@H]2CCCN2C(=O)COC(=O)c2cc(C)sc2C)c1. The number of thiophene rings is 1. The first-order chi connectivity index (χ1) is 13.4. The van der Waals surface area contributed by atoms with E-state index in [-0.39, 0.29) is 18.6 Å². The van der Waals surface area contributed by atoms with Crippen LogP contribution in [0.2, 0.25) is 0 Å². The van der Waals surface area contributed by atoms with Gasteiger partial charge in [0.05, 0.1) is 25.8 Å². The van der Waals surface area contributed by atoms with Gasteiger partial charge in [-0.25, -0.2) is 4.79 Å². The molecule has 0 unspecified atom stereocenters. The molecular weight excluding hydrogens is 378 g/mol. The largest absolute Gasteiger partial charge is 0.497 e. The Morgan fingerprint density at radius 1 is 1.18 bits per heavy atom. The third-order valence-electron chi connectivity index (χ3n) is 4.96. The van der Waals surface area contributed by atoms with E-state index in [4.69, 9.17) is 14.2 Å². The lowest BCUT2D eigenvalue weighted by molar-refractivity contribution is -0.135. The molecule has 0 spiro atoms. The second-order valence-corrected chi connectivity index (χ2v) is 8.22. The maximum atomic E-state index is 12.8. The van der Waals surface area contributed by atoms with E-state index in [0.29, 0.717) is 23.6 Å². The number of ether oxygens (including phenoxy) is 3. The number of methoxy groups -OCH3 is 2. The Balaban J connectivity index is 1.71. The number of amides is 1. The molecule has 1 saturated heterocycles. The molecule has 7 heteroatoms. The van der Waals surface area contributed by atoms with E-state index < -0.39 is 5.97 Å². The number of esters is 1. The minimum Gasteiger partial charge on any atom is -0.497 e. The Bertz CT molecular complexity index is 876. The standard InChI is InChI=1S/C21H25NO5S/c1-13-10-16(14(2)28-13)21(24)27-12-20(23)22-9-5-6-18(22)17-11-15(25-3)7-8-19(17)26-4/h7-8,10-11,18H,5-6,9,12H2,1-4H3/t18-/m1/s1. The van der Waals surface area contributed by atoms with E-state index in [9.17, 15) is 9.59 Å². The van der Waals surface area contributed by atoms with E-state index in [1.807, 2.05) is 32.0 Å². The van der Waals surface area contributed by atoms with Crippen molar-refractivity contribution in [3.8, 4) is 11.5 Å². The molecule has 0 radical (unpaired) electrons. The van der Waals surface area contributed by atoms with Gasteiger partial charge in [0.2, 0.25) is 0 Å². The molecule has 1 aromatic carbocycles. The summed E-state index contributed by atoms with van der Waals surface area (Å²) in [5.74, 6) is 0.770. The summed E-state index contributed by atoms with van der Waals surface area (Å²) in [6.45, 7) is 4.17. The maximum absolute atomic E-state index is 12.8. The first-order valence-electron chi connectivity index (χ1n) is 9.20. The molecule has 1 aromatic heterocycles. The van der Waals surface area contributed by atoms with Crippen LogP contribution < -0.4 is 9.47 Å². The first kappa shape index (κ1) is 20.2. The second kappa shape index (κ2) is 8.65. The summed E-state index contributed by atoms with van der Waals surface area (Å²) in [4.78, 5) is 28.8. The molecule has 1 atom stereocenters. The number of nitrogens with zero attached hydrogens (tertiary/aromatic N) is 1. The van der Waals surface area contributed by atoms with Crippen LogP contribution in [0.4, 0.5) is 0 Å². The molecule has 150 valence electrons. The lowest BCUT2D eigenvalue weighted by Crippen LogP contribution is -2.34. The summed E-state index contributed by atoms with van der Waals surface area (Å²) < 4.78 is 16.1. The molecule has 1 amide bonds. The van der Waals surface area contributed by atoms with Crippen molar-refractivity contribution < 1.29 is 23.8 Å². The summed E-state index contributed by atoms with van der Waals surface area (Å²) in [5, 5.41) is 0. The highest BCUT2D eigenvalue weighted by Gasteiger charge is 2.32. The number of benzene rings is 1. The Hall–Kier alpha value is -2.54. The van der Waals surface area contributed by atoms with E-state index in [0.717, 1.165) is 28.2 Å². The van der Waals surface area contributed by atoms with Crippen molar-refractivity contribution >= 4 is 23.2 Å². The van der Waals surface area contributed by atoms with Crippen molar-refractivity contribution in [3.63, 3.8) is 0 Å². The number of likely N-dealkylation sites (tertiary alicyclic amines) is 1. The molecule has 2 heterocycles. The van der Waals surface area contributed by atoms with Crippen LogP contribution in [0.15, 0.2) is 24.3 Å². The van der Waals surface area contributed by atoms with Crippen LogP contribution in [0.1, 0.15) is 44.6 Å². The van der Waals surface area contributed by atoms with Gasteiger partial charge >= 0.3 is 5.97 Å². The second-order valence-electron chi connectivity index (χ2n) is 6.76. The molecule has 1 aliphatic heterocycles. The summed E-state index contributed by atoms with van der Waals surface area (Å²) in [7, 11) is 3.22. The Morgan fingerprint density at radius 3 is 2.61 bits per heavy atom. The van der Waals surface area contributed by atoms with Gasteiger partial charge in [0.25, 0.3) is 5.91 Å². The van der Waals surface area contributed by atoms with E-state index in [2.05, 4.69) is 0 Å². The van der Waals surface area contributed by atoms with Crippen molar-refractivity contribution in [2.45, 2.75) is 32.7 Å². The Morgan fingerprint density at radius 2 is 1.96 bits per heavy atom. The van der Waals surface area contributed by atoms with Crippen LogP contribution in [-0.4, -0.2) is 44.1 Å². The average molecular weight is 404 g/mol. The van der Waals surface area contributed by atoms with Crippen LogP contribution in [0, 0.1) is 13.8 Å². The van der Waals surface area contributed by atoms with Crippen LogP contribution in [0.5, 0.6) is 11.5 Å². The van der Waals surface area contributed by atoms with Crippen LogP contribution in [0.25, 0.3) is 0 Å². The van der Waals surface area contributed by atoms with Gasteiger partial charge in [0, 0.05) is 21.9 Å². The molecule has 0 N–H and O–H groups in total. The molecule has 2 aromatic rings. The highest BCUT2D eigenvalue weighted by Crippen LogP contribution is 2.39. The number of hydrogen-bond acceptors (Lipinski definition) is 6. The predicted octanol–water partition coefficient (Wildman–Crippen LogP) is 3.90. The smallest absolute Gasteiger partial charge is 0.339 e. The number of aryl methyl sites for hydroxylation is 2. The molecule has 1 fully saturated rings. The van der Waals surface area contributed by atoms with Crippen molar-refractivity contribution in [2.75, 3.05) is 27.4 Å². The Kier molecular flexibility index (Phi) is 6.24. The third kappa shape index (κ3) is 4.14. The molecular formula is C21H25NO5S. The summed E-state index contributed by atoms with van der Waals surface area (Å²) in [5.41, 5.74) is 1.44. The van der Waals surface area contributed by atoms with E-state index in [1.54, 1.807) is 36.5 Å². The highest BCUT2D eigenvalue weighted by molar-refractivity contribution is 7.12. The fraction of sp³-hybridized carbons (Fsp3) is 0.429. The normalized spacial score (nSPS) is 16.1. The quantitative estimate of drug-likeness (QED) is 0.685. The maximum Gasteiger partial charge on any atom is 0.339 e. The van der Waals surface area contributed by atoms with Gasteiger partial charge in [-0.2, -0.15) is 0 Å². The number of carbonyl (C=O) groups is 2. The van der Waals surface area contributed by atoms with Gasteiger partial charge in [-0.05, 0) is 51.0 Å². The van der Waals surface area contributed by atoms with Gasteiger partial charge in [0.15, 0.2) is 6.61 Å². The first-order valence-corrected chi connectivity index (χ1v) is 10.0. The zero-order valence-corrected chi connectivity index (χ0v) is 17.4. The molecule has 0 bridgehead atoms. The van der Waals surface area contributed by atoms with Gasteiger partial charge in [-0.1, -0.05) is 0 Å². The zero-order valence-electron chi connectivity index (χ0n) is 16.6. The van der Waals surface area contributed by atoms with Crippen LogP contribution in [0.3, 0.4) is 0 Å². The van der Waals surface area contributed by atoms with Gasteiger partial charge < -0.3 is 19.1 Å². The summed E-state index contributed by atoms with van der Waals surface area (Å²) in [6, 6.07) is 7.25. The van der Waals surface area contributed by atoms with Crippen LogP contribution >= 0.6 is 11.3 Å². The topological polar surface area (TPSA) is 65.1 Å². The molecule has 28 heavy (non-hydrogen) atoms. The minimum atomic E-state index is -0.454. The van der Waals surface area contributed by atoms with Crippen molar-refractivity contribution in [2.24, 2.45) is 0 Å².